The number of hydrogen-bond donors (Lipinski definition) is 1. The zero-order chi connectivity index (χ0) is 11.9. The second kappa shape index (κ2) is 7.34. The third-order valence-corrected chi connectivity index (χ3v) is 4.36. The first-order valence-electron chi connectivity index (χ1n) is 7.57. The topological polar surface area (TPSA) is 18.5 Å². The van der Waals surface area contributed by atoms with Crippen molar-refractivity contribution in [1.82, 2.24) is 15.1 Å². The van der Waals surface area contributed by atoms with E-state index in [1.807, 2.05) is 0 Å². The van der Waals surface area contributed by atoms with Gasteiger partial charge in [-0.2, -0.15) is 0 Å². The molecule has 0 aliphatic carbocycles. The second-order valence-electron chi connectivity index (χ2n) is 5.54. The first kappa shape index (κ1) is 13.3. The fourth-order valence-corrected chi connectivity index (χ4v) is 3.21. The summed E-state index contributed by atoms with van der Waals surface area (Å²) < 4.78 is 0. The molecule has 2 heterocycles. The van der Waals surface area contributed by atoms with Gasteiger partial charge in [0.05, 0.1) is 0 Å². The van der Waals surface area contributed by atoms with Crippen molar-refractivity contribution in [2.24, 2.45) is 0 Å². The number of likely N-dealkylation sites (tertiary alicyclic amines) is 1. The van der Waals surface area contributed by atoms with Gasteiger partial charge in [0.15, 0.2) is 0 Å². The van der Waals surface area contributed by atoms with Crippen LogP contribution in [0.4, 0.5) is 0 Å². The average Bonchev–Trinajstić information content (AvgIpc) is 2.65. The summed E-state index contributed by atoms with van der Waals surface area (Å²) in [7, 11) is 0. The van der Waals surface area contributed by atoms with Crippen molar-refractivity contribution in [1.29, 1.82) is 0 Å². The van der Waals surface area contributed by atoms with Crippen molar-refractivity contribution in [2.75, 3.05) is 45.8 Å². The minimum atomic E-state index is 0.869. The maximum absolute atomic E-state index is 3.48. The Morgan fingerprint density at radius 3 is 2.82 bits per heavy atom. The summed E-state index contributed by atoms with van der Waals surface area (Å²) in [5.41, 5.74) is 0. The Balaban J connectivity index is 1.71. The lowest BCUT2D eigenvalue weighted by atomic mass is 10.0. The molecule has 1 N–H and O–H groups in total. The Labute approximate surface area is 107 Å². The molecule has 0 amide bonds. The van der Waals surface area contributed by atoms with Crippen molar-refractivity contribution in [3.8, 4) is 0 Å². The molecule has 0 saturated carbocycles. The number of nitrogens with one attached hydrogen (secondary N) is 1. The molecule has 1 atom stereocenters. The zero-order valence-electron chi connectivity index (χ0n) is 11.5. The molecule has 3 nitrogen and oxygen atoms in total. The minimum Gasteiger partial charge on any atom is -0.315 e. The van der Waals surface area contributed by atoms with E-state index >= 15 is 0 Å². The highest BCUT2D eigenvalue weighted by molar-refractivity contribution is 4.77. The minimum absolute atomic E-state index is 0.869. The Kier molecular flexibility index (Phi) is 5.75. The Morgan fingerprint density at radius 2 is 1.94 bits per heavy atom. The van der Waals surface area contributed by atoms with E-state index in [0.29, 0.717) is 0 Å². The van der Waals surface area contributed by atoms with Gasteiger partial charge in [0.2, 0.25) is 0 Å². The van der Waals surface area contributed by atoms with Crippen LogP contribution >= 0.6 is 0 Å². The molecule has 2 aliphatic heterocycles. The molecule has 0 aromatic heterocycles. The smallest absolute Gasteiger partial charge is 0.0112 e. The van der Waals surface area contributed by atoms with Crippen LogP contribution in [-0.4, -0.2) is 61.7 Å². The molecule has 1 unspecified atom stereocenters. The van der Waals surface area contributed by atoms with Crippen LogP contribution in [0.3, 0.4) is 0 Å². The SMILES string of the molecule is CCC1CCCCN1CCN1CCCNCC1. The largest absolute Gasteiger partial charge is 0.315 e. The molecule has 2 saturated heterocycles. The van der Waals surface area contributed by atoms with Crippen LogP contribution in [0.2, 0.25) is 0 Å². The van der Waals surface area contributed by atoms with E-state index in [2.05, 4.69) is 22.0 Å². The summed E-state index contributed by atoms with van der Waals surface area (Å²) in [6.45, 7) is 11.2. The zero-order valence-corrected chi connectivity index (χ0v) is 11.5. The normalized spacial score (nSPS) is 29.1. The van der Waals surface area contributed by atoms with E-state index in [1.54, 1.807) is 0 Å². The van der Waals surface area contributed by atoms with Gasteiger partial charge in [0.1, 0.15) is 0 Å². The molecule has 3 heteroatoms. The molecule has 2 aliphatic rings. The van der Waals surface area contributed by atoms with E-state index in [9.17, 15) is 0 Å². The first-order valence-corrected chi connectivity index (χ1v) is 7.57. The van der Waals surface area contributed by atoms with Crippen molar-refractivity contribution in [3.63, 3.8) is 0 Å². The first-order chi connectivity index (χ1) is 8.40. The van der Waals surface area contributed by atoms with E-state index in [4.69, 9.17) is 0 Å². The van der Waals surface area contributed by atoms with E-state index in [1.165, 1.54) is 77.9 Å². The molecule has 0 aromatic carbocycles. The fourth-order valence-electron chi connectivity index (χ4n) is 3.21. The summed E-state index contributed by atoms with van der Waals surface area (Å²) in [6, 6.07) is 0.869. The Hall–Kier alpha value is -0.120. The maximum Gasteiger partial charge on any atom is 0.0112 e. The third-order valence-electron chi connectivity index (χ3n) is 4.36. The predicted octanol–water partition coefficient (Wildman–Crippen LogP) is 1.55. The van der Waals surface area contributed by atoms with Crippen LogP contribution in [-0.2, 0) is 0 Å². The van der Waals surface area contributed by atoms with Gasteiger partial charge in [0, 0.05) is 32.2 Å². The van der Waals surface area contributed by atoms with Gasteiger partial charge in [-0.1, -0.05) is 13.3 Å². The predicted molar refractivity (Wildman–Crippen MR) is 73.4 cm³/mol. The highest BCUT2D eigenvalue weighted by Crippen LogP contribution is 2.18. The lowest BCUT2D eigenvalue weighted by Crippen LogP contribution is -2.44. The molecular weight excluding hydrogens is 210 g/mol. The molecule has 2 fully saturated rings. The summed E-state index contributed by atoms with van der Waals surface area (Å²) in [5.74, 6) is 0. The molecule has 0 spiro atoms. The number of nitrogens with zero attached hydrogens (tertiary/aromatic N) is 2. The van der Waals surface area contributed by atoms with Gasteiger partial charge < -0.3 is 10.2 Å². The number of piperidine rings is 1. The van der Waals surface area contributed by atoms with Crippen LogP contribution in [0.1, 0.15) is 39.0 Å². The number of hydrogen-bond acceptors (Lipinski definition) is 3. The van der Waals surface area contributed by atoms with E-state index in [-0.39, 0.29) is 0 Å². The standard InChI is InChI=1S/C14H29N3/c1-2-14-6-3-4-10-17(14)13-12-16-9-5-7-15-8-11-16/h14-15H,2-13H2,1H3. The molecule has 2 rings (SSSR count). The molecule has 0 aromatic rings. The summed E-state index contributed by atoms with van der Waals surface area (Å²) >= 11 is 0. The Bertz CT molecular complexity index is 200. The lowest BCUT2D eigenvalue weighted by molar-refractivity contribution is 0.124. The summed E-state index contributed by atoms with van der Waals surface area (Å²) in [4.78, 5) is 5.38. The molecular formula is C14H29N3. The van der Waals surface area contributed by atoms with E-state index in [0.717, 1.165) is 6.04 Å². The molecule has 0 radical (unpaired) electrons. The van der Waals surface area contributed by atoms with Crippen LogP contribution < -0.4 is 5.32 Å². The van der Waals surface area contributed by atoms with Crippen molar-refractivity contribution >= 4 is 0 Å². The van der Waals surface area contributed by atoms with Crippen LogP contribution in [0.5, 0.6) is 0 Å². The van der Waals surface area contributed by atoms with Gasteiger partial charge in [-0.3, -0.25) is 4.90 Å². The van der Waals surface area contributed by atoms with Gasteiger partial charge in [-0.25, -0.2) is 0 Å². The maximum atomic E-state index is 3.48. The van der Waals surface area contributed by atoms with Gasteiger partial charge in [0.25, 0.3) is 0 Å². The summed E-state index contributed by atoms with van der Waals surface area (Å²) in [5, 5.41) is 3.48. The van der Waals surface area contributed by atoms with Crippen LogP contribution in [0, 0.1) is 0 Å². The highest BCUT2D eigenvalue weighted by atomic mass is 15.2. The molecule has 0 bridgehead atoms. The second-order valence-corrected chi connectivity index (χ2v) is 5.54. The quantitative estimate of drug-likeness (QED) is 0.803. The monoisotopic (exact) mass is 239 g/mol. The molecule has 100 valence electrons. The fraction of sp³-hybridized carbons (Fsp3) is 1.00. The summed E-state index contributed by atoms with van der Waals surface area (Å²) in [6.07, 6.45) is 6.94. The van der Waals surface area contributed by atoms with Crippen molar-refractivity contribution in [3.05, 3.63) is 0 Å². The van der Waals surface area contributed by atoms with Gasteiger partial charge in [-0.05, 0) is 45.3 Å². The van der Waals surface area contributed by atoms with E-state index < -0.39 is 0 Å². The number of rotatable bonds is 4. The van der Waals surface area contributed by atoms with Crippen molar-refractivity contribution in [2.45, 2.75) is 45.1 Å². The van der Waals surface area contributed by atoms with Crippen LogP contribution in [0.25, 0.3) is 0 Å². The van der Waals surface area contributed by atoms with Crippen molar-refractivity contribution < 1.29 is 0 Å². The van der Waals surface area contributed by atoms with Gasteiger partial charge >= 0.3 is 0 Å². The molecule has 17 heavy (non-hydrogen) atoms. The average molecular weight is 239 g/mol. The lowest BCUT2D eigenvalue weighted by Gasteiger charge is -2.36. The third kappa shape index (κ3) is 4.23. The van der Waals surface area contributed by atoms with Gasteiger partial charge in [-0.15, -0.1) is 0 Å². The van der Waals surface area contributed by atoms with Crippen LogP contribution in [0.15, 0.2) is 0 Å². The highest BCUT2D eigenvalue weighted by Gasteiger charge is 2.21. The Morgan fingerprint density at radius 1 is 1.00 bits per heavy atom.